The van der Waals surface area contributed by atoms with Crippen molar-refractivity contribution in [3.05, 3.63) is 24.0 Å². The lowest BCUT2D eigenvalue weighted by atomic mass is 10.3. The highest BCUT2D eigenvalue weighted by Crippen LogP contribution is 2.09. The van der Waals surface area contributed by atoms with E-state index in [4.69, 9.17) is 0 Å². The maximum Gasteiger partial charge on any atom is 0.154 e. The summed E-state index contributed by atoms with van der Waals surface area (Å²) < 4.78 is 0. The van der Waals surface area contributed by atoms with Gasteiger partial charge in [0.1, 0.15) is 5.75 Å². The van der Waals surface area contributed by atoms with Crippen LogP contribution in [0.2, 0.25) is 0 Å². The van der Waals surface area contributed by atoms with Crippen LogP contribution in [0.1, 0.15) is 5.69 Å². The summed E-state index contributed by atoms with van der Waals surface area (Å²) >= 11 is 0. The van der Waals surface area contributed by atoms with E-state index in [0.717, 1.165) is 0 Å². The van der Waals surface area contributed by atoms with Crippen LogP contribution >= 0.6 is 0 Å². The monoisotopic (exact) mass is 162 g/mol. The Labute approximate surface area is 71.5 Å². The Bertz CT molecular complexity index is 312. The van der Waals surface area contributed by atoms with Gasteiger partial charge in [0.25, 0.3) is 0 Å². The van der Waals surface area contributed by atoms with E-state index in [9.17, 15) is 5.11 Å². The minimum Gasteiger partial charge on any atom is -0.505 e. The van der Waals surface area contributed by atoms with Gasteiger partial charge >= 0.3 is 0 Å². The second-order valence-corrected chi connectivity index (χ2v) is 2.20. The van der Waals surface area contributed by atoms with E-state index in [2.05, 4.69) is 22.1 Å². The zero-order valence-electron chi connectivity index (χ0n) is 6.83. The standard InChI is InChI=1S/C9H10N2O/c1-10-6-2-4-8-9(12)5-3-7-11-8/h3,5,7,10,12H,6H2,1H3. The van der Waals surface area contributed by atoms with Crippen LogP contribution in [0, 0.1) is 11.8 Å². The molecule has 0 atom stereocenters. The van der Waals surface area contributed by atoms with Crippen molar-refractivity contribution >= 4 is 0 Å². The summed E-state index contributed by atoms with van der Waals surface area (Å²) in [5.41, 5.74) is 0.424. The zero-order valence-corrected chi connectivity index (χ0v) is 6.83. The molecule has 0 spiro atoms. The molecular formula is C9H10N2O. The number of aromatic nitrogens is 1. The molecule has 2 N–H and O–H groups in total. The lowest BCUT2D eigenvalue weighted by molar-refractivity contribution is 0.471. The van der Waals surface area contributed by atoms with Gasteiger partial charge < -0.3 is 10.4 Å². The predicted octanol–water partition coefficient (Wildman–Crippen LogP) is 0.358. The van der Waals surface area contributed by atoms with Crippen LogP contribution in [0.25, 0.3) is 0 Å². The summed E-state index contributed by atoms with van der Waals surface area (Å²) in [4.78, 5) is 3.90. The normalized spacial score (nSPS) is 8.75. The molecule has 3 heteroatoms. The summed E-state index contributed by atoms with van der Waals surface area (Å²) in [6.45, 7) is 0.593. The van der Waals surface area contributed by atoms with Gasteiger partial charge in [0.2, 0.25) is 0 Å². The van der Waals surface area contributed by atoms with Crippen LogP contribution in [0.4, 0.5) is 0 Å². The molecule has 0 radical (unpaired) electrons. The Balaban J connectivity index is 2.77. The average Bonchev–Trinajstić information content (AvgIpc) is 2.09. The smallest absolute Gasteiger partial charge is 0.154 e. The predicted molar refractivity (Wildman–Crippen MR) is 46.7 cm³/mol. The molecule has 3 nitrogen and oxygen atoms in total. The van der Waals surface area contributed by atoms with Crippen LogP contribution in [0.5, 0.6) is 5.75 Å². The van der Waals surface area contributed by atoms with Crippen molar-refractivity contribution in [3.8, 4) is 17.6 Å². The molecule has 1 heterocycles. The molecule has 0 amide bonds. The van der Waals surface area contributed by atoms with E-state index in [-0.39, 0.29) is 5.75 Å². The number of pyridine rings is 1. The van der Waals surface area contributed by atoms with E-state index in [1.54, 1.807) is 18.3 Å². The molecule has 0 unspecified atom stereocenters. The third-order valence-electron chi connectivity index (χ3n) is 1.26. The molecule has 0 fully saturated rings. The average molecular weight is 162 g/mol. The molecule has 0 saturated carbocycles. The van der Waals surface area contributed by atoms with Gasteiger partial charge in [-0.15, -0.1) is 0 Å². The summed E-state index contributed by atoms with van der Waals surface area (Å²) in [5, 5.41) is 12.1. The Morgan fingerprint density at radius 3 is 3.17 bits per heavy atom. The molecule has 0 aliphatic heterocycles. The topological polar surface area (TPSA) is 45.2 Å². The fourth-order valence-corrected chi connectivity index (χ4v) is 0.709. The van der Waals surface area contributed by atoms with Crippen molar-refractivity contribution in [1.29, 1.82) is 0 Å². The Morgan fingerprint density at radius 2 is 2.50 bits per heavy atom. The molecule has 12 heavy (non-hydrogen) atoms. The number of nitrogens with zero attached hydrogens (tertiary/aromatic N) is 1. The van der Waals surface area contributed by atoms with Gasteiger partial charge in [-0.3, -0.25) is 0 Å². The van der Waals surface area contributed by atoms with Crippen molar-refractivity contribution < 1.29 is 5.11 Å². The Morgan fingerprint density at radius 1 is 1.67 bits per heavy atom. The molecule has 0 bridgehead atoms. The van der Waals surface area contributed by atoms with Gasteiger partial charge in [-0.2, -0.15) is 0 Å². The van der Waals surface area contributed by atoms with Crippen molar-refractivity contribution in [2.75, 3.05) is 13.6 Å². The van der Waals surface area contributed by atoms with Gasteiger partial charge in [0.05, 0.1) is 6.54 Å². The summed E-state index contributed by atoms with van der Waals surface area (Å²) in [5.74, 6) is 5.67. The third kappa shape index (κ3) is 2.26. The Hall–Kier alpha value is -1.53. The molecule has 0 saturated heterocycles. The quantitative estimate of drug-likeness (QED) is 0.586. The highest BCUT2D eigenvalue weighted by molar-refractivity contribution is 5.39. The molecule has 1 rings (SSSR count). The van der Waals surface area contributed by atoms with Gasteiger partial charge in [0, 0.05) is 6.20 Å². The largest absolute Gasteiger partial charge is 0.505 e. The van der Waals surface area contributed by atoms with Gasteiger partial charge in [-0.25, -0.2) is 4.98 Å². The first-order valence-corrected chi connectivity index (χ1v) is 3.62. The fraction of sp³-hybridized carbons (Fsp3) is 0.222. The van der Waals surface area contributed by atoms with Gasteiger partial charge in [0.15, 0.2) is 5.69 Å². The molecule has 62 valence electrons. The van der Waals surface area contributed by atoms with E-state index in [1.807, 2.05) is 7.05 Å². The van der Waals surface area contributed by atoms with Crippen LogP contribution in [-0.4, -0.2) is 23.7 Å². The first-order valence-electron chi connectivity index (χ1n) is 3.62. The zero-order chi connectivity index (χ0) is 8.81. The number of nitrogens with one attached hydrogen (secondary N) is 1. The number of hydrogen-bond donors (Lipinski definition) is 2. The van der Waals surface area contributed by atoms with Crippen LogP contribution in [0.3, 0.4) is 0 Å². The maximum atomic E-state index is 9.22. The molecule has 0 aromatic carbocycles. The SMILES string of the molecule is CNCC#Cc1ncccc1O. The lowest BCUT2D eigenvalue weighted by Crippen LogP contribution is -2.04. The highest BCUT2D eigenvalue weighted by atomic mass is 16.3. The second-order valence-electron chi connectivity index (χ2n) is 2.20. The lowest BCUT2D eigenvalue weighted by Gasteiger charge is -1.92. The molecule has 0 aliphatic rings. The van der Waals surface area contributed by atoms with Crippen molar-refractivity contribution in [2.45, 2.75) is 0 Å². The number of hydrogen-bond acceptors (Lipinski definition) is 3. The summed E-state index contributed by atoms with van der Waals surface area (Å²) in [6.07, 6.45) is 1.60. The van der Waals surface area contributed by atoms with Crippen molar-refractivity contribution in [1.82, 2.24) is 10.3 Å². The number of rotatable bonds is 1. The third-order valence-corrected chi connectivity index (χ3v) is 1.26. The highest BCUT2D eigenvalue weighted by Gasteiger charge is 1.93. The van der Waals surface area contributed by atoms with Crippen molar-refractivity contribution in [2.24, 2.45) is 0 Å². The van der Waals surface area contributed by atoms with E-state index >= 15 is 0 Å². The first kappa shape index (κ1) is 8.57. The van der Waals surface area contributed by atoms with Crippen LogP contribution in [-0.2, 0) is 0 Å². The van der Waals surface area contributed by atoms with Crippen molar-refractivity contribution in [3.63, 3.8) is 0 Å². The fourth-order valence-electron chi connectivity index (χ4n) is 0.709. The number of aromatic hydroxyl groups is 1. The van der Waals surface area contributed by atoms with E-state index in [1.165, 1.54) is 0 Å². The van der Waals surface area contributed by atoms with Crippen LogP contribution < -0.4 is 5.32 Å². The van der Waals surface area contributed by atoms with Gasteiger partial charge in [-0.1, -0.05) is 5.92 Å². The molecule has 1 aromatic heterocycles. The second kappa shape index (κ2) is 4.37. The minimum atomic E-state index is 0.126. The Kier molecular flexibility index (Phi) is 3.12. The molecule has 0 aliphatic carbocycles. The van der Waals surface area contributed by atoms with E-state index < -0.39 is 0 Å². The maximum absolute atomic E-state index is 9.22. The minimum absolute atomic E-state index is 0.126. The van der Waals surface area contributed by atoms with Crippen LogP contribution in [0.15, 0.2) is 18.3 Å². The summed E-state index contributed by atoms with van der Waals surface area (Å²) in [6, 6.07) is 3.23. The first-order chi connectivity index (χ1) is 5.84. The summed E-state index contributed by atoms with van der Waals surface area (Å²) in [7, 11) is 1.81. The molecule has 1 aromatic rings. The van der Waals surface area contributed by atoms with E-state index in [0.29, 0.717) is 12.2 Å². The molecular weight excluding hydrogens is 152 g/mol. The van der Waals surface area contributed by atoms with Gasteiger partial charge in [-0.05, 0) is 25.1 Å².